The maximum Gasteiger partial charge on any atom is 0.225 e. The molecule has 0 saturated carbocycles. The van der Waals surface area contributed by atoms with Crippen LogP contribution < -0.4 is 9.64 Å². The number of anilines is 1. The highest BCUT2D eigenvalue weighted by molar-refractivity contribution is 5.33. The second-order valence-electron chi connectivity index (χ2n) is 5.85. The highest BCUT2D eigenvalue weighted by Gasteiger charge is 2.47. The van der Waals surface area contributed by atoms with Crippen molar-refractivity contribution in [1.29, 1.82) is 0 Å². The fourth-order valence-electron chi connectivity index (χ4n) is 3.24. The first-order valence-electron chi connectivity index (χ1n) is 7.56. The quantitative estimate of drug-likeness (QED) is 0.859. The predicted molar refractivity (Wildman–Crippen MR) is 80.8 cm³/mol. The average Bonchev–Trinajstić information content (AvgIpc) is 3.17. The molecule has 0 amide bonds. The Kier molecular flexibility index (Phi) is 3.38. The van der Waals surface area contributed by atoms with E-state index in [1.807, 2.05) is 18.2 Å². The number of hydrogen-bond donors (Lipinski definition) is 0. The SMILES string of the molecule is c1cnc(N2CCC3(CC(Oc4cccnc4)CO3)C2)nc1. The maximum absolute atomic E-state index is 6.10. The van der Waals surface area contributed by atoms with Crippen molar-refractivity contribution in [3.63, 3.8) is 0 Å². The normalized spacial score (nSPS) is 27.5. The summed E-state index contributed by atoms with van der Waals surface area (Å²) in [5.41, 5.74) is -0.133. The molecule has 6 nitrogen and oxygen atoms in total. The highest BCUT2D eigenvalue weighted by Crippen LogP contribution is 2.37. The lowest BCUT2D eigenvalue weighted by Gasteiger charge is -2.23. The molecule has 114 valence electrons. The van der Waals surface area contributed by atoms with Gasteiger partial charge >= 0.3 is 0 Å². The van der Waals surface area contributed by atoms with Crippen LogP contribution in [0.3, 0.4) is 0 Å². The van der Waals surface area contributed by atoms with Gasteiger partial charge in [0.15, 0.2) is 0 Å². The van der Waals surface area contributed by atoms with E-state index in [2.05, 4.69) is 19.9 Å². The zero-order chi connectivity index (χ0) is 14.8. The van der Waals surface area contributed by atoms with Crippen LogP contribution in [0.25, 0.3) is 0 Å². The molecule has 2 aliphatic heterocycles. The van der Waals surface area contributed by atoms with Crippen LogP contribution in [0.4, 0.5) is 5.95 Å². The fraction of sp³-hybridized carbons (Fsp3) is 0.438. The van der Waals surface area contributed by atoms with Crippen molar-refractivity contribution in [2.45, 2.75) is 24.5 Å². The smallest absolute Gasteiger partial charge is 0.225 e. The van der Waals surface area contributed by atoms with Crippen LogP contribution in [0.5, 0.6) is 5.75 Å². The molecule has 2 aromatic rings. The molecule has 4 rings (SSSR count). The van der Waals surface area contributed by atoms with E-state index < -0.39 is 0 Å². The molecule has 6 heteroatoms. The number of rotatable bonds is 3. The van der Waals surface area contributed by atoms with Gasteiger partial charge in [0.1, 0.15) is 11.9 Å². The third-order valence-electron chi connectivity index (χ3n) is 4.26. The monoisotopic (exact) mass is 298 g/mol. The minimum absolute atomic E-state index is 0.0841. The molecule has 0 aromatic carbocycles. The number of pyridine rings is 1. The van der Waals surface area contributed by atoms with Crippen molar-refractivity contribution >= 4 is 5.95 Å². The van der Waals surface area contributed by atoms with Crippen molar-refractivity contribution in [1.82, 2.24) is 15.0 Å². The predicted octanol–water partition coefficient (Wildman–Crippen LogP) is 1.69. The van der Waals surface area contributed by atoms with E-state index in [1.54, 1.807) is 24.8 Å². The Bertz CT molecular complexity index is 625. The summed E-state index contributed by atoms with van der Waals surface area (Å²) in [5, 5.41) is 0. The standard InChI is InChI=1S/C16H18N4O2/c1-3-13(10-17-5-1)22-14-9-16(21-11-14)4-8-20(12-16)15-18-6-2-7-19-15/h1-3,5-7,10,14H,4,8-9,11-12H2. The maximum atomic E-state index is 6.10. The summed E-state index contributed by atoms with van der Waals surface area (Å²) >= 11 is 0. The molecular formula is C16H18N4O2. The van der Waals surface area contributed by atoms with Crippen molar-refractivity contribution in [2.75, 3.05) is 24.6 Å². The molecule has 0 radical (unpaired) electrons. The van der Waals surface area contributed by atoms with E-state index in [0.29, 0.717) is 6.61 Å². The summed E-state index contributed by atoms with van der Waals surface area (Å²) in [4.78, 5) is 14.9. The molecule has 2 aromatic heterocycles. The van der Waals surface area contributed by atoms with Crippen LogP contribution in [-0.2, 0) is 4.74 Å². The number of ether oxygens (including phenoxy) is 2. The molecule has 2 atom stereocenters. The summed E-state index contributed by atoms with van der Waals surface area (Å²) in [5.74, 6) is 1.58. The van der Waals surface area contributed by atoms with Crippen LogP contribution in [0.2, 0.25) is 0 Å². The van der Waals surface area contributed by atoms with Crippen LogP contribution in [0, 0.1) is 0 Å². The van der Waals surface area contributed by atoms with E-state index >= 15 is 0 Å². The molecule has 0 bridgehead atoms. The van der Waals surface area contributed by atoms with E-state index in [0.717, 1.165) is 37.6 Å². The van der Waals surface area contributed by atoms with Gasteiger partial charge in [0.25, 0.3) is 0 Å². The first-order valence-corrected chi connectivity index (χ1v) is 7.56. The topological polar surface area (TPSA) is 60.4 Å². The van der Waals surface area contributed by atoms with E-state index in [9.17, 15) is 0 Å². The van der Waals surface area contributed by atoms with Gasteiger partial charge in [0.05, 0.1) is 24.9 Å². The van der Waals surface area contributed by atoms with Gasteiger partial charge in [-0.1, -0.05) is 0 Å². The lowest BCUT2D eigenvalue weighted by Crippen LogP contribution is -2.34. The average molecular weight is 298 g/mol. The first-order chi connectivity index (χ1) is 10.8. The molecule has 2 unspecified atom stereocenters. The van der Waals surface area contributed by atoms with Gasteiger partial charge in [-0.15, -0.1) is 0 Å². The first kappa shape index (κ1) is 13.5. The zero-order valence-corrected chi connectivity index (χ0v) is 12.3. The lowest BCUT2D eigenvalue weighted by atomic mass is 9.98. The third kappa shape index (κ3) is 2.62. The number of aromatic nitrogens is 3. The van der Waals surface area contributed by atoms with Gasteiger partial charge in [0, 0.05) is 31.6 Å². The molecule has 2 aliphatic rings. The highest BCUT2D eigenvalue weighted by atomic mass is 16.6. The van der Waals surface area contributed by atoms with E-state index in [4.69, 9.17) is 9.47 Å². The van der Waals surface area contributed by atoms with E-state index in [-0.39, 0.29) is 11.7 Å². The van der Waals surface area contributed by atoms with Gasteiger partial charge in [-0.05, 0) is 24.6 Å². The Morgan fingerprint density at radius 2 is 2.14 bits per heavy atom. The number of hydrogen-bond acceptors (Lipinski definition) is 6. The van der Waals surface area contributed by atoms with Gasteiger partial charge < -0.3 is 14.4 Å². The number of nitrogens with zero attached hydrogens (tertiary/aromatic N) is 4. The minimum Gasteiger partial charge on any atom is -0.486 e. The van der Waals surface area contributed by atoms with Crippen LogP contribution in [0.1, 0.15) is 12.8 Å². The Morgan fingerprint density at radius 1 is 1.23 bits per heavy atom. The van der Waals surface area contributed by atoms with E-state index in [1.165, 1.54) is 0 Å². The zero-order valence-electron chi connectivity index (χ0n) is 12.3. The lowest BCUT2D eigenvalue weighted by molar-refractivity contribution is 0.0195. The molecule has 2 fully saturated rings. The molecule has 2 saturated heterocycles. The van der Waals surface area contributed by atoms with Gasteiger partial charge in [-0.2, -0.15) is 0 Å². The van der Waals surface area contributed by atoms with Gasteiger partial charge in [0.2, 0.25) is 5.95 Å². The van der Waals surface area contributed by atoms with Crippen LogP contribution in [0.15, 0.2) is 43.0 Å². The minimum atomic E-state index is -0.133. The summed E-state index contributed by atoms with van der Waals surface area (Å²) in [6.45, 7) is 2.37. The van der Waals surface area contributed by atoms with Gasteiger partial charge in [-0.25, -0.2) is 9.97 Å². The molecule has 4 heterocycles. The molecule has 1 spiro atoms. The summed E-state index contributed by atoms with van der Waals surface area (Å²) in [6.07, 6.45) is 9.00. The molecular weight excluding hydrogens is 280 g/mol. The molecule has 0 N–H and O–H groups in total. The third-order valence-corrected chi connectivity index (χ3v) is 4.26. The fourth-order valence-corrected chi connectivity index (χ4v) is 3.24. The molecule has 0 aliphatic carbocycles. The second kappa shape index (κ2) is 5.53. The summed E-state index contributed by atoms with van der Waals surface area (Å²) < 4.78 is 12.1. The van der Waals surface area contributed by atoms with Crippen molar-refractivity contribution in [3.8, 4) is 5.75 Å². The largest absolute Gasteiger partial charge is 0.486 e. The van der Waals surface area contributed by atoms with Crippen molar-refractivity contribution in [3.05, 3.63) is 43.0 Å². The Labute approximate surface area is 129 Å². The van der Waals surface area contributed by atoms with Crippen molar-refractivity contribution < 1.29 is 9.47 Å². The Balaban J connectivity index is 1.40. The molecule has 22 heavy (non-hydrogen) atoms. The van der Waals surface area contributed by atoms with Crippen LogP contribution >= 0.6 is 0 Å². The Morgan fingerprint density at radius 3 is 2.95 bits per heavy atom. The summed E-state index contributed by atoms with van der Waals surface area (Å²) in [7, 11) is 0. The Hall–Kier alpha value is -2.21. The second-order valence-corrected chi connectivity index (χ2v) is 5.85. The van der Waals surface area contributed by atoms with Crippen LogP contribution in [-0.4, -0.2) is 46.4 Å². The summed E-state index contributed by atoms with van der Waals surface area (Å²) in [6, 6.07) is 5.64. The van der Waals surface area contributed by atoms with Crippen molar-refractivity contribution in [2.24, 2.45) is 0 Å². The van der Waals surface area contributed by atoms with Gasteiger partial charge in [-0.3, -0.25) is 4.98 Å².